The summed E-state index contributed by atoms with van der Waals surface area (Å²) in [4.78, 5) is 17.9. The zero-order chi connectivity index (χ0) is 20.8. The third-order valence-electron chi connectivity index (χ3n) is 5.19. The van der Waals surface area contributed by atoms with Crippen molar-refractivity contribution in [3.05, 3.63) is 52.8 Å². The lowest BCUT2D eigenvalue weighted by atomic mass is 9.89. The van der Waals surface area contributed by atoms with Gasteiger partial charge in [0.05, 0.1) is 22.7 Å². The quantitative estimate of drug-likeness (QED) is 0.645. The summed E-state index contributed by atoms with van der Waals surface area (Å²) < 4.78 is 5.54. The average Bonchev–Trinajstić information content (AvgIpc) is 3.42. The molecule has 0 bridgehead atoms. The van der Waals surface area contributed by atoms with E-state index >= 15 is 0 Å². The minimum Gasteiger partial charge on any atom is -0.508 e. The van der Waals surface area contributed by atoms with Crippen LogP contribution in [-0.2, 0) is 6.42 Å². The Kier molecular flexibility index (Phi) is 4.81. The van der Waals surface area contributed by atoms with Gasteiger partial charge in [0.25, 0.3) is 11.6 Å². The Balaban J connectivity index is 1.72. The number of fused-ring (bicyclic) bond motifs is 1. The molecule has 3 aromatic rings. The van der Waals surface area contributed by atoms with Gasteiger partial charge in [-0.3, -0.25) is 4.79 Å². The lowest BCUT2D eigenvalue weighted by Gasteiger charge is -2.17. The number of pyridine rings is 1. The minimum atomic E-state index is -0.256. The molecule has 1 aliphatic rings. The van der Waals surface area contributed by atoms with Crippen molar-refractivity contribution in [1.29, 1.82) is 0 Å². The fourth-order valence-electron chi connectivity index (χ4n) is 3.57. The average molecular weight is 393 g/mol. The molecule has 1 aromatic carbocycles. The van der Waals surface area contributed by atoms with Gasteiger partial charge in [-0.05, 0) is 55.4 Å². The van der Waals surface area contributed by atoms with Gasteiger partial charge in [-0.25, -0.2) is 4.98 Å². The smallest absolute Gasteiger partial charge is 0.259 e. The number of benzene rings is 1. The highest BCUT2D eigenvalue weighted by atomic mass is 16.5. The molecule has 1 saturated carbocycles. The van der Waals surface area contributed by atoms with Crippen molar-refractivity contribution < 1.29 is 14.4 Å². The number of hydrogen-bond donors (Lipinski definition) is 2. The molecular formula is C23H27N3O3. The van der Waals surface area contributed by atoms with Gasteiger partial charge in [0, 0.05) is 11.6 Å². The summed E-state index contributed by atoms with van der Waals surface area (Å²) in [6.45, 7) is 8.28. The van der Waals surface area contributed by atoms with E-state index in [2.05, 4.69) is 36.2 Å². The fourth-order valence-corrected chi connectivity index (χ4v) is 3.57. The van der Waals surface area contributed by atoms with E-state index in [1.54, 1.807) is 18.2 Å². The second-order valence-electron chi connectivity index (χ2n) is 9.21. The number of hydrogen-bond acceptors (Lipinski definition) is 5. The molecule has 0 spiro atoms. The van der Waals surface area contributed by atoms with Crippen LogP contribution in [0, 0.1) is 5.41 Å². The lowest BCUT2D eigenvalue weighted by Crippen LogP contribution is -2.27. The lowest BCUT2D eigenvalue weighted by molar-refractivity contribution is 0.0941. The van der Waals surface area contributed by atoms with E-state index in [0.29, 0.717) is 29.0 Å². The summed E-state index contributed by atoms with van der Waals surface area (Å²) in [5.41, 5.74) is 3.49. The van der Waals surface area contributed by atoms with Crippen LogP contribution in [0.5, 0.6) is 5.75 Å². The molecule has 2 aromatic heterocycles. The van der Waals surface area contributed by atoms with Crippen LogP contribution in [0.4, 0.5) is 0 Å². The van der Waals surface area contributed by atoms with Gasteiger partial charge in [0.15, 0.2) is 0 Å². The summed E-state index contributed by atoms with van der Waals surface area (Å²) in [6, 6.07) is 8.56. The van der Waals surface area contributed by atoms with Crippen LogP contribution in [0.15, 0.2) is 34.9 Å². The van der Waals surface area contributed by atoms with E-state index in [1.807, 2.05) is 19.1 Å². The highest BCUT2D eigenvalue weighted by Gasteiger charge is 2.30. The maximum atomic E-state index is 13.3. The number of aromatic hydroxyl groups is 1. The predicted molar refractivity (Wildman–Crippen MR) is 111 cm³/mol. The van der Waals surface area contributed by atoms with E-state index in [4.69, 9.17) is 4.52 Å². The molecule has 1 fully saturated rings. The van der Waals surface area contributed by atoms with Crippen LogP contribution in [0.25, 0.3) is 11.1 Å². The van der Waals surface area contributed by atoms with Gasteiger partial charge >= 0.3 is 0 Å². The van der Waals surface area contributed by atoms with Crippen molar-refractivity contribution in [1.82, 2.24) is 15.5 Å². The highest BCUT2D eigenvalue weighted by Crippen LogP contribution is 2.41. The Hall–Kier alpha value is -2.89. The number of carbonyl (C=O) groups excluding carboxylic acids is 1. The molecule has 2 heterocycles. The molecule has 4 rings (SSSR count). The van der Waals surface area contributed by atoms with Gasteiger partial charge in [0.1, 0.15) is 5.75 Å². The van der Waals surface area contributed by atoms with Gasteiger partial charge in [-0.2, -0.15) is 0 Å². The van der Waals surface area contributed by atoms with Crippen molar-refractivity contribution in [2.75, 3.05) is 0 Å². The van der Waals surface area contributed by atoms with Crippen molar-refractivity contribution in [2.24, 2.45) is 5.41 Å². The van der Waals surface area contributed by atoms with E-state index in [0.717, 1.165) is 29.8 Å². The Morgan fingerprint density at radius 3 is 2.72 bits per heavy atom. The van der Waals surface area contributed by atoms with E-state index < -0.39 is 0 Å². The number of carbonyl (C=O) groups is 1. The van der Waals surface area contributed by atoms with Gasteiger partial charge in [-0.1, -0.05) is 38.1 Å². The molecule has 0 radical (unpaired) electrons. The summed E-state index contributed by atoms with van der Waals surface area (Å²) in [5.74, 6) is 0.386. The first kappa shape index (κ1) is 19.4. The fraction of sp³-hybridized carbons (Fsp3) is 0.435. The zero-order valence-electron chi connectivity index (χ0n) is 17.3. The Morgan fingerprint density at radius 1 is 1.31 bits per heavy atom. The number of phenolic OH excluding ortho intramolecular Hbond substituents is 1. The molecule has 1 aliphatic carbocycles. The molecule has 1 atom stereocenters. The number of rotatable bonds is 5. The maximum absolute atomic E-state index is 13.3. The van der Waals surface area contributed by atoms with E-state index in [1.165, 1.54) is 0 Å². The van der Waals surface area contributed by atoms with Crippen LogP contribution in [0.1, 0.15) is 79.8 Å². The van der Waals surface area contributed by atoms with E-state index in [-0.39, 0.29) is 23.1 Å². The maximum Gasteiger partial charge on any atom is 0.259 e. The molecule has 2 N–H and O–H groups in total. The molecule has 0 aliphatic heterocycles. The molecule has 1 amide bonds. The first-order valence-electron chi connectivity index (χ1n) is 10.1. The Labute approximate surface area is 170 Å². The van der Waals surface area contributed by atoms with Crippen LogP contribution in [0.3, 0.4) is 0 Å². The number of aromatic nitrogens is 2. The third-order valence-corrected chi connectivity index (χ3v) is 5.19. The zero-order valence-corrected chi connectivity index (χ0v) is 17.3. The van der Waals surface area contributed by atoms with Crippen molar-refractivity contribution >= 4 is 17.0 Å². The predicted octanol–water partition coefficient (Wildman–Crippen LogP) is 4.89. The van der Waals surface area contributed by atoms with E-state index in [9.17, 15) is 9.90 Å². The number of nitrogens with one attached hydrogen (secondary N) is 1. The number of phenols is 1. The van der Waals surface area contributed by atoms with Crippen molar-refractivity contribution in [3.63, 3.8) is 0 Å². The summed E-state index contributed by atoms with van der Waals surface area (Å²) >= 11 is 0. The topological polar surface area (TPSA) is 88.3 Å². The van der Waals surface area contributed by atoms with Crippen LogP contribution >= 0.6 is 0 Å². The normalized spacial score (nSPS) is 15.4. The third kappa shape index (κ3) is 4.26. The van der Waals surface area contributed by atoms with Crippen LogP contribution in [-0.4, -0.2) is 21.2 Å². The molecule has 6 nitrogen and oxygen atoms in total. The first-order valence-corrected chi connectivity index (χ1v) is 10.1. The Morgan fingerprint density at radius 2 is 2.07 bits per heavy atom. The molecule has 29 heavy (non-hydrogen) atoms. The highest BCUT2D eigenvalue weighted by molar-refractivity contribution is 6.06. The molecule has 0 saturated heterocycles. The minimum absolute atomic E-state index is 0.00156. The Bertz CT molecular complexity index is 1060. The summed E-state index contributed by atoms with van der Waals surface area (Å²) in [7, 11) is 0. The van der Waals surface area contributed by atoms with Gasteiger partial charge in [0.2, 0.25) is 0 Å². The van der Waals surface area contributed by atoms with Crippen LogP contribution < -0.4 is 5.32 Å². The van der Waals surface area contributed by atoms with Gasteiger partial charge < -0.3 is 14.9 Å². The molecule has 1 unspecified atom stereocenters. The summed E-state index contributed by atoms with van der Waals surface area (Å²) in [6.07, 6.45) is 2.86. The first-order chi connectivity index (χ1) is 13.7. The monoisotopic (exact) mass is 393 g/mol. The van der Waals surface area contributed by atoms with Gasteiger partial charge in [-0.15, -0.1) is 0 Å². The number of nitrogens with zero attached hydrogens (tertiary/aromatic N) is 2. The van der Waals surface area contributed by atoms with Crippen molar-refractivity contribution in [3.8, 4) is 5.75 Å². The second kappa shape index (κ2) is 7.17. The second-order valence-corrected chi connectivity index (χ2v) is 9.21. The SMILES string of the molecule is CC(NC(=O)c1cc(C2CC2)nc2onc(CC(C)(C)C)c12)c1cccc(O)c1. The molecule has 6 heteroatoms. The largest absolute Gasteiger partial charge is 0.508 e. The van der Waals surface area contributed by atoms with Crippen LogP contribution in [0.2, 0.25) is 0 Å². The van der Waals surface area contributed by atoms with Crippen molar-refractivity contribution in [2.45, 2.75) is 58.9 Å². The number of amides is 1. The summed E-state index contributed by atoms with van der Waals surface area (Å²) in [5, 5.41) is 17.7. The molecule has 152 valence electrons. The molecular weight excluding hydrogens is 366 g/mol. The standard InChI is InChI=1S/C23H27N3O3/c1-13(15-6-5-7-16(27)10-15)24-21(28)17-11-18(14-8-9-14)25-22-20(17)19(26-29-22)12-23(2,3)4/h5-7,10-11,13-14,27H,8-9,12H2,1-4H3,(H,24,28).